The first-order chi connectivity index (χ1) is 13.3. The van der Waals surface area contributed by atoms with Gasteiger partial charge < -0.3 is 25.0 Å². The average molecular weight is 412 g/mol. The second kappa shape index (κ2) is 10.2. The highest BCUT2D eigenvalue weighted by molar-refractivity contribution is 7.13. The van der Waals surface area contributed by atoms with Crippen LogP contribution in [0, 0.1) is 6.92 Å². The smallest absolute Gasteiger partial charge is 0.350 e. The first kappa shape index (κ1) is 22.6. The number of carbonyl (C=O) groups is 1. The highest BCUT2D eigenvalue weighted by Gasteiger charge is 2.35. The van der Waals surface area contributed by atoms with E-state index in [9.17, 15) is 4.79 Å². The van der Waals surface area contributed by atoms with Crippen molar-refractivity contribution >= 4 is 23.3 Å². The normalized spacial score (nSPS) is 18.0. The van der Waals surface area contributed by atoms with Crippen molar-refractivity contribution in [3.63, 3.8) is 0 Å². The summed E-state index contributed by atoms with van der Waals surface area (Å²) in [6, 6.07) is -0.0805. The van der Waals surface area contributed by atoms with Crippen LogP contribution in [-0.4, -0.2) is 74.9 Å². The summed E-state index contributed by atoms with van der Waals surface area (Å²) >= 11 is 1.36. The zero-order valence-corrected chi connectivity index (χ0v) is 18.6. The number of aliphatic imine (C=N–C) groups is 1. The molecule has 1 aromatic heterocycles. The summed E-state index contributed by atoms with van der Waals surface area (Å²) in [7, 11) is 5.98. The van der Waals surface area contributed by atoms with E-state index in [2.05, 4.69) is 39.6 Å². The van der Waals surface area contributed by atoms with Crippen LogP contribution in [-0.2, 0) is 9.47 Å². The van der Waals surface area contributed by atoms with Crippen LogP contribution in [0.25, 0.3) is 0 Å². The molecule has 158 valence electrons. The van der Waals surface area contributed by atoms with Gasteiger partial charge in [0.2, 0.25) is 0 Å². The zero-order valence-electron chi connectivity index (χ0n) is 17.8. The number of thiazole rings is 1. The molecule has 8 nitrogen and oxygen atoms in total. The summed E-state index contributed by atoms with van der Waals surface area (Å²) < 4.78 is 10.6. The van der Waals surface area contributed by atoms with E-state index >= 15 is 0 Å². The summed E-state index contributed by atoms with van der Waals surface area (Å²) in [5.41, 5.74) is 0.748. The monoisotopic (exact) mass is 411 g/mol. The molecule has 1 aromatic rings. The van der Waals surface area contributed by atoms with Crippen molar-refractivity contribution in [1.29, 1.82) is 0 Å². The maximum atomic E-state index is 12.0. The van der Waals surface area contributed by atoms with Crippen LogP contribution < -0.4 is 10.6 Å². The number of aryl methyl sites for hydroxylation is 1. The van der Waals surface area contributed by atoms with E-state index < -0.39 is 0 Å². The quantitative estimate of drug-likeness (QED) is 0.403. The van der Waals surface area contributed by atoms with Gasteiger partial charge in [-0.3, -0.25) is 4.99 Å². The summed E-state index contributed by atoms with van der Waals surface area (Å²) in [5.74, 6) is 0.400. The minimum atomic E-state index is -0.314. The van der Waals surface area contributed by atoms with Crippen LogP contribution in [0.4, 0.5) is 0 Å². The van der Waals surface area contributed by atoms with Gasteiger partial charge in [0.1, 0.15) is 9.88 Å². The largest absolute Gasteiger partial charge is 0.462 e. The lowest BCUT2D eigenvalue weighted by Crippen LogP contribution is -2.57. The zero-order chi connectivity index (χ0) is 20.7. The van der Waals surface area contributed by atoms with E-state index in [1.165, 1.54) is 11.3 Å². The molecule has 0 spiro atoms. The molecule has 1 aliphatic rings. The fraction of sp³-hybridized carbons (Fsp3) is 0.737. The van der Waals surface area contributed by atoms with E-state index in [1.54, 1.807) is 14.0 Å². The first-order valence-electron chi connectivity index (χ1n) is 9.69. The lowest BCUT2D eigenvalue weighted by Gasteiger charge is -2.43. The number of guanidine groups is 1. The van der Waals surface area contributed by atoms with E-state index in [0.29, 0.717) is 23.1 Å². The Hall–Kier alpha value is -1.71. The Kier molecular flexibility index (Phi) is 8.21. The van der Waals surface area contributed by atoms with E-state index in [1.807, 2.05) is 13.8 Å². The Morgan fingerprint density at radius 2 is 2.11 bits per heavy atom. The molecule has 0 radical (unpaired) electrons. The Morgan fingerprint density at radius 1 is 1.43 bits per heavy atom. The highest BCUT2D eigenvalue weighted by atomic mass is 32.1. The maximum Gasteiger partial charge on any atom is 0.350 e. The molecule has 1 fully saturated rings. The van der Waals surface area contributed by atoms with Crippen molar-refractivity contribution < 1.29 is 14.3 Å². The topological polar surface area (TPSA) is 88.1 Å². The number of esters is 1. The SMILES string of the molecule is CCOC(=O)c1sc(C(C)NC(=NC)NCC2(N(C)C)CCOCC2)nc1C. The van der Waals surface area contributed by atoms with Gasteiger partial charge in [0.05, 0.1) is 18.3 Å². The molecule has 1 saturated heterocycles. The third kappa shape index (κ3) is 5.42. The fourth-order valence-electron chi connectivity index (χ4n) is 3.23. The summed E-state index contributed by atoms with van der Waals surface area (Å²) in [6.07, 6.45) is 1.96. The molecule has 1 unspecified atom stereocenters. The number of ether oxygens (including phenoxy) is 2. The van der Waals surface area contributed by atoms with E-state index in [0.717, 1.165) is 37.6 Å². The second-order valence-corrected chi connectivity index (χ2v) is 8.24. The molecular weight excluding hydrogens is 378 g/mol. The van der Waals surface area contributed by atoms with Crippen molar-refractivity contribution in [2.24, 2.45) is 4.99 Å². The number of carbonyl (C=O) groups excluding carboxylic acids is 1. The van der Waals surface area contributed by atoms with Crippen molar-refractivity contribution in [3.05, 3.63) is 15.6 Å². The molecule has 1 atom stereocenters. The highest BCUT2D eigenvalue weighted by Crippen LogP contribution is 2.26. The van der Waals surface area contributed by atoms with E-state index in [4.69, 9.17) is 9.47 Å². The van der Waals surface area contributed by atoms with Gasteiger partial charge in [-0.1, -0.05) is 0 Å². The summed E-state index contributed by atoms with van der Waals surface area (Å²) in [5, 5.41) is 7.66. The molecule has 2 rings (SSSR count). The molecule has 2 N–H and O–H groups in total. The van der Waals surface area contributed by atoms with Crippen molar-refractivity contribution in [1.82, 2.24) is 20.5 Å². The van der Waals surface area contributed by atoms with Gasteiger partial charge >= 0.3 is 5.97 Å². The number of aromatic nitrogens is 1. The molecular formula is C19H33N5O3S. The third-order valence-corrected chi connectivity index (χ3v) is 6.50. The Morgan fingerprint density at radius 3 is 2.68 bits per heavy atom. The van der Waals surface area contributed by atoms with Crippen LogP contribution >= 0.6 is 11.3 Å². The maximum absolute atomic E-state index is 12.0. The molecule has 9 heteroatoms. The van der Waals surface area contributed by atoms with Crippen LogP contribution in [0.1, 0.15) is 53.1 Å². The molecule has 0 aromatic carbocycles. The van der Waals surface area contributed by atoms with Crippen molar-refractivity contribution in [3.8, 4) is 0 Å². The third-order valence-electron chi connectivity index (χ3n) is 5.18. The Bertz CT molecular complexity index is 683. The standard InChI is InChI=1S/C19H33N5O3S/c1-7-27-17(25)15-13(2)22-16(28-15)14(3)23-18(20-4)21-12-19(24(5)6)8-10-26-11-9-19/h14H,7-12H2,1-6H3,(H2,20,21,23). The van der Waals surface area contributed by atoms with Gasteiger partial charge in [0.15, 0.2) is 5.96 Å². The Labute approximate surface area is 171 Å². The van der Waals surface area contributed by atoms with Crippen LogP contribution in [0.5, 0.6) is 0 Å². The van der Waals surface area contributed by atoms with Gasteiger partial charge in [0.25, 0.3) is 0 Å². The second-order valence-electron chi connectivity index (χ2n) is 7.21. The van der Waals surface area contributed by atoms with E-state index in [-0.39, 0.29) is 17.6 Å². The molecule has 28 heavy (non-hydrogen) atoms. The van der Waals surface area contributed by atoms with Crippen molar-refractivity contribution in [2.45, 2.75) is 45.2 Å². The number of rotatable bonds is 7. The number of likely N-dealkylation sites (N-methyl/N-ethyl adjacent to an activating group) is 1. The fourth-order valence-corrected chi connectivity index (χ4v) is 4.19. The molecule has 0 aliphatic carbocycles. The predicted octanol–water partition coefficient (Wildman–Crippen LogP) is 1.97. The van der Waals surface area contributed by atoms with Gasteiger partial charge in [-0.15, -0.1) is 11.3 Å². The lowest BCUT2D eigenvalue weighted by molar-refractivity contribution is -0.00502. The average Bonchev–Trinajstić information content (AvgIpc) is 3.07. The first-order valence-corrected chi connectivity index (χ1v) is 10.5. The van der Waals surface area contributed by atoms with Gasteiger partial charge in [0, 0.05) is 32.3 Å². The van der Waals surface area contributed by atoms with Crippen LogP contribution in [0.2, 0.25) is 0 Å². The summed E-state index contributed by atoms with van der Waals surface area (Å²) in [6.45, 7) is 8.33. The van der Waals surface area contributed by atoms with Crippen molar-refractivity contribution in [2.75, 3.05) is 47.5 Å². The molecule has 1 aliphatic heterocycles. The molecule has 0 bridgehead atoms. The molecule has 0 saturated carbocycles. The van der Waals surface area contributed by atoms with Crippen LogP contribution in [0.3, 0.4) is 0 Å². The van der Waals surface area contributed by atoms with Gasteiger partial charge in [-0.05, 0) is 47.7 Å². The number of hydrogen-bond acceptors (Lipinski definition) is 7. The molecule has 2 heterocycles. The Balaban J connectivity index is 2.00. The van der Waals surface area contributed by atoms with Gasteiger partial charge in [-0.25, -0.2) is 9.78 Å². The summed E-state index contributed by atoms with van der Waals surface area (Å²) in [4.78, 5) is 23.8. The lowest BCUT2D eigenvalue weighted by atomic mass is 9.88. The van der Waals surface area contributed by atoms with Gasteiger partial charge in [-0.2, -0.15) is 0 Å². The molecule has 0 amide bonds. The minimum absolute atomic E-state index is 0.0496. The number of nitrogens with one attached hydrogen (secondary N) is 2. The minimum Gasteiger partial charge on any atom is -0.462 e. The van der Waals surface area contributed by atoms with Crippen LogP contribution in [0.15, 0.2) is 4.99 Å². The number of nitrogens with zero attached hydrogens (tertiary/aromatic N) is 3. The number of hydrogen-bond donors (Lipinski definition) is 2. The predicted molar refractivity (Wildman–Crippen MR) is 112 cm³/mol.